The molecule has 0 spiro atoms. The number of amides is 1. The van der Waals surface area contributed by atoms with Gasteiger partial charge in [-0.3, -0.25) is 4.79 Å². The van der Waals surface area contributed by atoms with Crippen molar-refractivity contribution in [3.05, 3.63) is 35.9 Å². The monoisotopic (exact) mass is 417 g/mol. The summed E-state index contributed by atoms with van der Waals surface area (Å²) in [5, 5.41) is 0.160. The van der Waals surface area contributed by atoms with Gasteiger partial charge >= 0.3 is 0 Å². The summed E-state index contributed by atoms with van der Waals surface area (Å²) in [6.07, 6.45) is 4.42. The maximum atomic E-state index is 13.2. The summed E-state index contributed by atoms with van der Waals surface area (Å²) in [6, 6.07) is 10.4. The van der Waals surface area contributed by atoms with Crippen LogP contribution in [0.1, 0.15) is 52.0 Å². The molecule has 162 valence electrons. The van der Waals surface area contributed by atoms with Crippen LogP contribution in [0, 0.1) is 11.8 Å². The predicted molar refractivity (Wildman–Crippen MR) is 120 cm³/mol. The van der Waals surface area contributed by atoms with Gasteiger partial charge < -0.3 is 14.1 Å². The Balaban J connectivity index is 1.86. The van der Waals surface area contributed by atoms with E-state index in [9.17, 15) is 4.79 Å². The van der Waals surface area contributed by atoms with Crippen molar-refractivity contribution in [1.82, 2.24) is 4.90 Å². The molecule has 4 nitrogen and oxygen atoms in total. The van der Waals surface area contributed by atoms with Gasteiger partial charge in [-0.1, -0.05) is 63.9 Å². The van der Waals surface area contributed by atoms with Gasteiger partial charge in [-0.2, -0.15) is 0 Å². The zero-order valence-corrected chi connectivity index (χ0v) is 20.2. The van der Waals surface area contributed by atoms with Gasteiger partial charge in [-0.05, 0) is 36.5 Å². The molecule has 1 amide bonds. The van der Waals surface area contributed by atoms with Crippen LogP contribution in [0.3, 0.4) is 0 Å². The van der Waals surface area contributed by atoms with E-state index < -0.39 is 13.9 Å². The molecule has 1 aliphatic heterocycles. The Labute approximate surface area is 178 Å². The van der Waals surface area contributed by atoms with Gasteiger partial charge in [0.05, 0.1) is 6.54 Å². The lowest BCUT2D eigenvalue weighted by molar-refractivity contribution is -0.135. The van der Waals surface area contributed by atoms with Gasteiger partial charge in [0.25, 0.3) is 0 Å². The fraction of sp³-hybridized carbons (Fsp3) is 0.708. The van der Waals surface area contributed by atoms with E-state index in [1.54, 1.807) is 7.11 Å². The average molecular weight is 418 g/mol. The molecule has 0 bridgehead atoms. The molecule has 0 radical (unpaired) electrons. The number of benzene rings is 1. The zero-order chi connectivity index (χ0) is 21.3. The molecule has 1 saturated carbocycles. The number of hydrogen-bond donors (Lipinski definition) is 0. The first-order valence-electron chi connectivity index (χ1n) is 11.1. The number of carbonyl (C=O) groups excluding carboxylic acids is 1. The van der Waals surface area contributed by atoms with Crippen molar-refractivity contribution in [2.45, 2.75) is 70.2 Å². The van der Waals surface area contributed by atoms with E-state index in [2.05, 4.69) is 63.0 Å². The van der Waals surface area contributed by atoms with Gasteiger partial charge in [-0.15, -0.1) is 0 Å². The lowest BCUT2D eigenvalue weighted by Crippen LogP contribution is -2.45. The molecule has 1 aromatic rings. The van der Waals surface area contributed by atoms with Gasteiger partial charge in [0.1, 0.15) is 5.60 Å². The molecule has 0 N–H and O–H groups in total. The molecule has 0 unspecified atom stereocenters. The van der Waals surface area contributed by atoms with E-state index in [4.69, 9.17) is 9.16 Å². The van der Waals surface area contributed by atoms with Gasteiger partial charge in [0.2, 0.25) is 5.91 Å². The van der Waals surface area contributed by atoms with Crippen molar-refractivity contribution in [2.24, 2.45) is 11.8 Å². The van der Waals surface area contributed by atoms with E-state index in [0.29, 0.717) is 25.6 Å². The lowest BCUT2D eigenvalue weighted by Gasteiger charge is -2.39. The standard InChI is InChI=1S/C24H39NO3Si/c1-23(2,3)29(5,6)28-17-21-16-25(22(26)19-12-10-11-13-19)18-24(21,27-4)20-14-8-7-9-15-20/h7-9,14-15,19,21H,10-13,16-18H2,1-6H3/t21-,24+/m1/s1. The second-order valence-electron chi connectivity index (χ2n) is 10.4. The van der Waals surface area contributed by atoms with E-state index >= 15 is 0 Å². The molecule has 2 fully saturated rings. The van der Waals surface area contributed by atoms with Crippen LogP contribution < -0.4 is 0 Å². The highest BCUT2D eigenvalue weighted by atomic mass is 28.4. The van der Waals surface area contributed by atoms with Crippen LogP contribution in [0.25, 0.3) is 0 Å². The van der Waals surface area contributed by atoms with Gasteiger partial charge in [-0.25, -0.2) is 0 Å². The summed E-state index contributed by atoms with van der Waals surface area (Å²) in [5.74, 6) is 0.643. The van der Waals surface area contributed by atoms with Crippen LogP contribution in [0.2, 0.25) is 18.1 Å². The lowest BCUT2D eigenvalue weighted by atomic mass is 9.84. The molecule has 2 aliphatic rings. The highest BCUT2D eigenvalue weighted by Crippen LogP contribution is 2.43. The maximum absolute atomic E-state index is 13.2. The topological polar surface area (TPSA) is 38.8 Å². The van der Waals surface area contributed by atoms with Crippen molar-refractivity contribution < 1.29 is 14.0 Å². The van der Waals surface area contributed by atoms with Crippen LogP contribution in [0.5, 0.6) is 0 Å². The first-order chi connectivity index (χ1) is 13.6. The number of ether oxygens (including phenoxy) is 1. The van der Waals surface area contributed by atoms with Crippen molar-refractivity contribution in [2.75, 3.05) is 26.8 Å². The normalized spacial score (nSPS) is 26.3. The minimum absolute atomic E-state index is 0.134. The SMILES string of the molecule is CO[C@]1(c2ccccc2)CN(C(=O)C2CCCC2)C[C@@H]1CO[Si](C)(C)C(C)(C)C. The minimum Gasteiger partial charge on any atom is -0.416 e. The van der Waals surface area contributed by atoms with Crippen molar-refractivity contribution in [3.8, 4) is 0 Å². The molecular formula is C24H39NO3Si. The van der Waals surface area contributed by atoms with Crippen molar-refractivity contribution in [3.63, 3.8) is 0 Å². The molecule has 1 aliphatic carbocycles. The predicted octanol–water partition coefficient (Wildman–Crippen LogP) is 5.20. The number of rotatable bonds is 6. The second-order valence-corrected chi connectivity index (χ2v) is 15.2. The highest BCUT2D eigenvalue weighted by Gasteiger charge is 2.51. The summed E-state index contributed by atoms with van der Waals surface area (Å²) < 4.78 is 12.9. The Bertz CT molecular complexity index is 694. The Kier molecular flexibility index (Phi) is 6.61. The largest absolute Gasteiger partial charge is 0.416 e. The maximum Gasteiger partial charge on any atom is 0.225 e. The first-order valence-corrected chi connectivity index (χ1v) is 14.0. The van der Waals surface area contributed by atoms with Gasteiger partial charge in [0.15, 0.2) is 8.32 Å². The Morgan fingerprint density at radius 2 is 1.79 bits per heavy atom. The number of nitrogens with zero attached hydrogens (tertiary/aromatic N) is 1. The van der Waals surface area contributed by atoms with Crippen LogP contribution in [0.4, 0.5) is 0 Å². The molecule has 1 saturated heterocycles. The van der Waals surface area contributed by atoms with E-state index in [1.807, 2.05) is 6.07 Å². The summed E-state index contributed by atoms with van der Waals surface area (Å²) in [7, 11) is -0.0949. The summed E-state index contributed by atoms with van der Waals surface area (Å²) in [5.41, 5.74) is 0.644. The third kappa shape index (κ3) is 4.47. The molecule has 2 atom stereocenters. The first kappa shape index (κ1) is 22.5. The minimum atomic E-state index is -1.88. The Morgan fingerprint density at radius 1 is 1.17 bits per heavy atom. The summed E-state index contributed by atoms with van der Waals surface area (Å²) in [6.45, 7) is 13.4. The van der Waals surface area contributed by atoms with Crippen LogP contribution in [-0.2, 0) is 19.6 Å². The number of likely N-dealkylation sites (tertiary alicyclic amines) is 1. The molecule has 1 aromatic carbocycles. The number of methoxy groups -OCH3 is 1. The van der Waals surface area contributed by atoms with Crippen LogP contribution >= 0.6 is 0 Å². The quantitative estimate of drug-likeness (QED) is 0.597. The van der Waals surface area contributed by atoms with Crippen molar-refractivity contribution in [1.29, 1.82) is 0 Å². The van der Waals surface area contributed by atoms with Gasteiger partial charge in [0, 0.05) is 32.1 Å². The smallest absolute Gasteiger partial charge is 0.225 e. The second kappa shape index (κ2) is 8.52. The Morgan fingerprint density at radius 3 is 2.34 bits per heavy atom. The molecule has 1 heterocycles. The van der Waals surface area contributed by atoms with E-state index in [-0.39, 0.29) is 16.9 Å². The third-order valence-corrected chi connectivity index (χ3v) is 12.1. The third-order valence-electron chi connectivity index (χ3n) is 7.62. The highest BCUT2D eigenvalue weighted by molar-refractivity contribution is 6.74. The van der Waals surface area contributed by atoms with E-state index in [1.165, 1.54) is 12.8 Å². The summed E-state index contributed by atoms with van der Waals surface area (Å²) in [4.78, 5) is 15.3. The van der Waals surface area contributed by atoms with E-state index in [0.717, 1.165) is 18.4 Å². The van der Waals surface area contributed by atoms with Crippen molar-refractivity contribution >= 4 is 14.2 Å². The average Bonchev–Trinajstić information content (AvgIpc) is 3.34. The zero-order valence-electron chi connectivity index (χ0n) is 19.2. The molecule has 5 heteroatoms. The fourth-order valence-electron chi connectivity index (χ4n) is 4.60. The molecule has 3 rings (SSSR count). The fourth-order valence-corrected chi connectivity index (χ4v) is 5.65. The molecule has 0 aromatic heterocycles. The molecule has 29 heavy (non-hydrogen) atoms. The Hall–Kier alpha value is -1.17. The van der Waals surface area contributed by atoms with Crippen LogP contribution in [-0.4, -0.2) is 45.9 Å². The summed E-state index contributed by atoms with van der Waals surface area (Å²) >= 11 is 0. The number of hydrogen-bond acceptors (Lipinski definition) is 3. The number of carbonyl (C=O) groups is 1. The molecular weight excluding hydrogens is 378 g/mol. The van der Waals surface area contributed by atoms with Crippen LogP contribution in [0.15, 0.2) is 30.3 Å².